The number of rotatable bonds is 11. The van der Waals surface area contributed by atoms with Crippen LogP contribution in [0.1, 0.15) is 40.5 Å². The Kier molecular flexibility index (Phi) is 9.81. The first kappa shape index (κ1) is 33.6. The Bertz CT molecular complexity index is 1380. The number of ether oxygens (including phenoxy) is 3. The number of aliphatic hydroxyl groups excluding tert-OH is 1. The van der Waals surface area contributed by atoms with Gasteiger partial charge in [-0.25, -0.2) is 0 Å². The summed E-state index contributed by atoms with van der Waals surface area (Å²) in [4.78, 5) is 52.0. The molecule has 0 bridgehead atoms. The van der Waals surface area contributed by atoms with Crippen LogP contribution in [0, 0.1) is 17.8 Å². The molecule has 1 spiro atoms. The summed E-state index contributed by atoms with van der Waals surface area (Å²) in [7, 11) is 0. The van der Waals surface area contributed by atoms with Gasteiger partial charge in [-0.2, -0.15) is 0 Å². The number of aliphatic hydroxyl groups is 1. The lowest BCUT2D eigenvalue weighted by molar-refractivity contribution is -0.157. The maximum Gasteiger partial charge on any atom is 0.249 e. The van der Waals surface area contributed by atoms with Gasteiger partial charge in [0.05, 0.1) is 49.9 Å². The SMILES string of the molecule is CCOc1ccc(N2CC=C[C@@]3(CC)O[C@]45C=CCN(CCN6CCOCC6)C(=O)C4N([C@@H](CO)[C@@H](C)CC)C(=O)[C@@H]5[C@H]3C2=O)cc1. The Hall–Kier alpha value is -3.25. The maximum absolute atomic E-state index is 15.0. The number of carbonyl (C=O) groups is 3. The second-order valence-electron chi connectivity index (χ2n) is 13.4. The van der Waals surface area contributed by atoms with Crippen molar-refractivity contribution in [2.45, 2.75) is 63.8 Å². The number of amides is 3. The molecule has 5 aliphatic heterocycles. The molecule has 6 rings (SSSR count). The van der Waals surface area contributed by atoms with E-state index < -0.39 is 35.1 Å². The van der Waals surface area contributed by atoms with Gasteiger partial charge in [-0.15, -0.1) is 0 Å². The van der Waals surface area contributed by atoms with Crippen LogP contribution in [0.3, 0.4) is 0 Å². The summed E-state index contributed by atoms with van der Waals surface area (Å²) in [5.74, 6) is -1.90. The fourth-order valence-electron chi connectivity index (χ4n) is 8.33. The average molecular weight is 651 g/mol. The highest BCUT2D eigenvalue weighted by Crippen LogP contribution is 2.59. The largest absolute Gasteiger partial charge is 0.494 e. The lowest BCUT2D eigenvalue weighted by atomic mass is 9.73. The lowest BCUT2D eigenvalue weighted by Gasteiger charge is -2.42. The van der Waals surface area contributed by atoms with Crippen LogP contribution in [-0.2, 0) is 23.9 Å². The standard InChI is InChI=1S/C36H50N4O7/c1-5-25(4)28(24-41)40-31-34(44)38(19-18-37-20-22-45-23-21-37)16-9-15-36(31)30(33(40)43)29-32(42)39(17-8-14-35(29,6-2)47-36)26-10-12-27(13-11-26)46-7-3/h8-15,25,28-31,41H,5-7,16-24H2,1-4H3/t25-,28-,29-,30-,31?,35+,36-/m0/s1. The molecule has 7 atom stereocenters. The predicted octanol–water partition coefficient (Wildman–Crippen LogP) is 2.49. The van der Waals surface area contributed by atoms with E-state index >= 15 is 0 Å². The zero-order valence-electron chi connectivity index (χ0n) is 28.2. The van der Waals surface area contributed by atoms with E-state index in [2.05, 4.69) is 4.90 Å². The molecule has 47 heavy (non-hydrogen) atoms. The van der Waals surface area contributed by atoms with Crippen molar-refractivity contribution in [3.05, 3.63) is 48.6 Å². The highest BCUT2D eigenvalue weighted by Gasteiger charge is 2.76. The van der Waals surface area contributed by atoms with E-state index in [1.807, 2.05) is 76.3 Å². The topological polar surface area (TPSA) is 112 Å². The van der Waals surface area contributed by atoms with Crippen molar-refractivity contribution in [3.63, 3.8) is 0 Å². The number of morpholine rings is 1. The number of anilines is 1. The van der Waals surface area contributed by atoms with Gasteiger partial charge in [-0.05, 0) is 43.5 Å². The number of nitrogens with zero attached hydrogens (tertiary/aromatic N) is 4. The highest BCUT2D eigenvalue weighted by atomic mass is 16.5. The van der Waals surface area contributed by atoms with Crippen LogP contribution < -0.4 is 9.64 Å². The van der Waals surface area contributed by atoms with E-state index in [0.29, 0.717) is 70.3 Å². The smallest absolute Gasteiger partial charge is 0.249 e. The van der Waals surface area contributed by atoms with E-state index in [0.717, 1.165) is 13.1 Å². The molecule has 1 aromatic rings. The van der Waals surface area contributed by atoms with E-state index in [9.17, 15) is 19.5 Å². The molecule has 11 heteroatoms. The average Bonchev–Trinajstić information content (AvgIpc) is 3.38. The van der Waals surface area contributed by atoms with Gasteiger partial charge in [0, 0.05) is 45.0 Å². The van der Waals surface area contributed by atoms with Gasteiger partial charge in [0.1, 0.15) is 17.4 Å². The Labute approximate surface area is 278 Å². The third-order valence-corrected chi connectivity index (χ3v) is 11.1. The van der Waals surface area contributed by atoms with E-state index in [4.69, 9.17) is 14.2 Å². The van der Waals surface area contributed by atoms with Gasteiger partial charge in [0.25, 0.3) is 0 Å². The van der Waals surface area contributed by atoms with Gasteiger partial charge in [-0.1, -0.05) is 51.5 Å². The molecule has 5 aliphatic rings. The fourth-order valence-corrected chi connectivity index (χ4v) is 8.33. The van der Waals surface area contributed by atoms with Crippen molar-refractivity contribution in [3.8, 4) is 5.75 Å². The van der Waals surface area contributed by atoms with E-state index in [1.54, 1.807) is 14.7 Å². The van der Waals surface area contributed by atoms with Crippen molar-refractivity contribution >= 4 is 23.4 Å². The minimum absolute atomic E-state index is 0.0809. The number of benzene rings is 1. The Morgan fingerprint density at radius 3 is 2.32 bits per heavy atom. The summed E-state index contributed by atoms with van der Waals surface area (Å²) in [5, 5.41) is 10.7. The van der Waals surface area contributed by atoms with E-state index in [-0.39, 0.29) is 30.2 Å². The third kappa shape index (κ3) is 5.68. The summed E-state index contributed by atoms with van der Waals surface area (Å²) in [5.41, 5.74) is -1.75. The zero-order valence-corrected chi connectivity index (χ0v) is 28.2. The van der Waals surface area contributed by atoms with Crippen molar-refractivity contribution in [2.24, 2.45) is 17.8 Å². The number of hydrogen-bond acceptors (Lipinski definition) is 8. The van der Waals surface area contributed by atoms with Crippen LogP contribution >= 0.6 is 0 Å². The molecule has 3 amide bonds. The number of likely N-dealkylation sites (tertiary alicyclic amines) is 1. The number of hydrogen-bond donors (Lipinski definition) is 1. The monoisotopic (exact) mass is 650 g/mol. The second-order valence-corrected chi connectivity index (χ2v) is 13.4. The van der Waals surface area contributed by atoms with Crippen LogP contribution in [0.15, 0.2) is 48.6 Å². The van der Waals surface area contributed by atoms with Gasteiger partial charge < -0.3 is 34.0 Å². The molecule has 0 radical (unpaired) electrons. The lowest BCUT2D eigenvalue weighted by Crippen LogP contribution is -2.60. The molecular formula is C36H50N4O7. The second kappa shape index (κ2) is 13.7. The van der Waals surface area contributed by atoms with Crippen LogP contribution in [0.5, 0.6) is 5.75 Å². The van der Waals surface area contributed by atoms with Gasteiger partial charge in [0.2, 0.25) is 17.7 Å². The van der Waals surface area contributed by atoms with Gasteiger partial charge in [-0.3, -0.25) is 19.3 Å². The molecule has 256 valence electrons. The summed E-state index contributed by atoms with van der Waals surface area (Å²) >= 11 is 0. The van der Waals surface area contributed by atoms with Crippen molar-refractivity contribution < 1.29 is 33.7 Å². The zero-order chi connectivity index (χ0) is 33.3. The minimum Gasteiger partial charge on any atom is -0.494 e. The Balaban J connectivity index is 1.41. The predicted molar refractivity (Wildman–Crippen MR) is 177 cm³/mol. The summed E-state index contributed by atoms with van der Waals surface area (Å²) in [6, 6.07) is 5.79. The van der Waals surface area contributed by atoms with Gasteiger partial charge >= 0.3 is 0 Å². The summed E-state index contributed by atoms with van der Waals surface area (Å²) < 4.78 is 18.3. The molecule has 3 fully saturated rings. The minimum atomic E-state index is -1.37. The molecule has 5 heterocycles. The molecule has 1 N–H and O–H groups in total. The highest BCUT2D eigenvalue weighted by molar-refractivity contribution is 6.04. The molecule has 1 aromatic carbocycles. The van der Waals surface area contributed by atoms with Crippen LogP contribution in [-0.4, -0.2) is 127 Å². The Morgan fingerprint density at radius 2 is 1.66 bits per heavy atom. The third-order valence-electron chi connectivity index (χ3n) is 11.1. The quantitative estimate of drug-likeness (QED) is 0.364. The number of carbonyl (C=O) groups excluding carboxylic acids is 3. The first-order valence-electron chi connectivity index (χ1n) is 17.4. The summed E-state index contributed by atoms with van der Waals surface area (Å²) in [6.07, 6.45) is 8.88. The first-order valence-corrected chi connectivity index (χ1v) is 17.4. The first-order chi connectivity index (χ1) is 22.7. The van der Waals surface area contributed by atoms with Crippen LogP contribution in [0.25, 0.3) is 0 Å². The van der Waals surface area contributed by atoms with Crippen LogP contribution in [0.2, 0.25) is 0 Å². The van der Waals surface area contributed by atoms with Gasteiger partial charge in [0.15, 0.2) is 0 Å². The maximum atomic E-state index is 15.0. The molecule has 0 saturated carbocycles. The van der Waals surface area contributed by atoms with Crippen molar-refractivity contribution in [2.75, 3.05) is 70.6 Å². The van der Waals surface area contributed by atoms with E-state index in [1.165, 1.54) is 0 Å². The summed E-state index contributed by atoms with van der Waals surface area (Å²) in [6.45, 7) is 13.0. The fraction of sp³-hybridized carbons (Fsp3) is 0.639. The van der Waals surface area contributed by atoms with Crippen molar-refractivity contribution in [1.29, 1.82) is 0 Å². The molecular weight excluding hydrogens is 600 g/mol. The number of fused-ring (bicyclic) bond motifs is 2. The normalized spacial score (nSPS) is 32.1. The van der Waals surface area contributed by atoms with Crippen molar-refractivity contribution in [1.82, 2.24) is 14.7 Å². The molecule has 0 aromatic heterocycles. The Morgan fingerprint density at radius 1 is 0.936 bits per heavy atom. The molecule has 11 nitrogen and oxygen atoms in total. The molecule has 3 saturated heterocycles. The molecule has 0 aliphatic carbocycles. The molecule has 1 unspecified atom stereocenters. The van der Waals surface area contributed by atoms with Crippen LogP contribution in [0.4, 0.5) is 5.69 Å².